The number of hydrogen-bond donors (Lipinski definition) is 1. The summed E-state index contributed by atoms with van der Waals surface area (Å²) in [5, 5.41) is 3.50. The molecule has 2 rings (SSSR count). The highest BCUT2D eigenvalue weighted by Gasteiger charge is 2.11. The molecule has 0 aromatic heterocycles. The first-order chi connectivity index (χ1) is 10.2. The zero-order chi connectivity index (χ0) is 15.2. The van der Waals surface area contributed by atoms with Gasteiger partial charge in [0.1, 0.15) is 0 Å². The summed E-state index contributed by atoms with van der Waals surface area (Å²) in [5.41, 5.74) is 3.44. The van der Waals surface area contributed by atoms with Crippen LogP contribution in [0.15, 0.2) is 42.5 Å². The van der Waals surface area contributed by atoms with Gasteiger partial charge in [-0.1, -0.05) is 37.6 Å². The van der Waals surface area contributed by atoms with Gasteiger partial charge in [-0.2, -0.15) is 0 Å². The summed E-state index contributed by atoms with van der Waals surface area (Å²) < 4.78 is 18.5. The average Bonchev–Trinajstić information content (AvgIpc) is 2.50. The molecule has 0 heterocycles. The molecule has 0 fully saturated rings. The van der Waals surface area contributed by atoms with E-state index in [2.05, 4.69) is 37.4 Å². The molecule has 1 atom stereocenters. The standard InChI is InChI=1S/C18H22FNO/c1-4-7-14-8-5-6-9-17(14)20-13(2)15-10-11-16(19)18(12-15)21-3/h5-6,8-13,20H,4,7H2,1-3H3. The van der Waals surface area contributed by atoms with Gasteiger partial charge in [0.15, 0.2) is 11.6 Å². The van der Waals surface area contributed by atoms with Crippen LogP contribution < -0.4 is 10.1 Å². The Labute approximate surface area is 126 Å². The lowest BCUT2D eigenvalue weighted by Crippen LogP contribution is -2.09. The first-order valence-electron chi connectivity index (χ1n) is 7.33. The fraction of sp³-hybridized carbons (Fsp3) is 0.333. The van der Waals surface area contributed by atoms with E-state index in [1.54, 1.807) is 12.1 Å². The summed E-state index contributed by atoms with van der Waals surface area (Å²) in [6.45, 7) is 4.24. The van der Waals surface area contributed by atoms with E-state index in [4.69, 9.17) is 4.74 Å². The van der Waals surface area contributed by atoms with Crippen LogP contribution in [-0.4, -0.2) is 7.11 Å². The molecule has 0 aliphatic heterocycles. The number of methoxy groups -OCH3 is 1. The second-order valence-electron chi connectivity index (χ2n) is 5.17. The molecule has 2 nitrogen and oxygen atoms in total. The number of benzene rings is 2. The molecule has 0 aliphatic rings. The number of hydrogen-bond acceptors (Lipinski definition) is 2. The molecule has 2 aromatic carbocycles. The van der Waals surface area contributed by atoms with Gasteiger partial charge in [-0.25, -0.2) is 4.39 Å². The highest BCUT2D eigenvalue weighted by molar-refractivity contribution is 5.53. The van der Waals surface area contributed by atoms with E-state index < -0.39 is 0 Å². The molecule has 0 saturated carbocycles. The van der Waals surface area contributed by atoms with Gasteiger partial charge in [0.25, 0.3) is 0 Å². The first kappa shape index (κ1) is 15.4. The van der Waals surface area contributed by atoms with Crippen molar-refractivity contribution in [2.24, 2.45) is 0 Å². The smallest absolute Gasteiger partial charge is 0.165 e. The molecular weight excluding hydrogens is 265 g/mol. The minimum absolute atomic E-state index is 0.0810. The maximum Gasteiger partial charge on any atom is 0.165 e. The van der Waals surface area contributed by atoms with E-state index in [0.29, 0.717) is 0 Å². The monoisotopic (exact) mass is 287 g/mol. The van der Waals surface area contributed by atoms with E-state index in [1.807, 2.05) is 6.07 Å². The molecule has 3 heteroatoms. The number of aryl methyl sites for hydroxylation is 1. The van der Waals surface area contributed by atoms with Crippen molar-refractivity contribution in [2.45, 2.75) is 32.7 Å². The zero-order valence-corrected chi connectivity index (χ0v) is 12.8. The van der Waals surface area contributed by atoms with Crippen LogP contribution in [0.25, 0.3) is 0 Å². The van der Waals surface area contributed by atoms with Gasteiger partial charge in [0, 0.05) is 11.7 Å². The van der Waals surface area contributed by atoms with Crippen LogP contribution in [0.3, 0.4) is 0 Å². The van der Waals surface area contributed by atoms with Gasteiger partial charge in [0.05, 0.1) is 7.11 Å². The van der Waals surface area contributed by atoms with Crippen molar-refractivity contribution in [3.63, 3.8) is 0 Å². The van der Waals surface area contributed by atoms with Crippen LogP contribution in [0.1, 0.15) is 37.4 Å². The van der Waals surface area contributed by atoms with Crippen LogP contribution in [0, 0.1) is 5.82 Å². The van der Waals surface area contributed by atoms with Crippen molar-refractivity contribution in [2.75, 3.05) is 12.4 Å². The van der Waals surface area contributed by atoms with Gasteiger partial charge >= 0.3 is 0 Å². The molecular formula is C18H22FNO. The maximum absolute atomic E-state index is 13.5. The van der Waals surface area contributed by atoms with Crippen LogP contribution in [-0.2, 0) is 6.42 Å². The topological polar surface area (TPSA) is 21.3 Å². The Balaban J connectivity index is 2.20. The average molecular weight is 287 g/mol. The Kier molecular flexibility index (Phi) is 5.20. The summed E-state index contributed by atoms with van der Waals surface area (Å²) in [5.74, 6) is -0.0529. The quantitative estimate of drug-likeness (QED) is 0.810. The van der Waals surface area contributed by atoms with Crippen LogP contribution in [0.5, 0.6) is 5.75 Å². The predicted molar refractivity (Wildman–Crippen MR) is 85.4 cm³/mol. The van der Waals surface area contributed by atoms with Crippen molar-refractivity contribution in [1.29, 1.82) is 0 Å². The normalized spacial score (nSPS) is 12.0. The van der Waals surface area contributed by atoms with Gasteiger partial charge in [-0.3, -0.25) is 0 Å². The molecule has 0 amide bonds. The Morgan fingerprint density at radius 1 is 1.19 bits per heavy atom. The number of rotatable bonds is 6. The van der Waals surface area contributed by atoms with Crippen molar-refractivity contribution in [3.8, 4) is 5.75 Å². The van der Waals surface area contributed by atoms with Gasteiger partial charge < -0.3 is 10.1 Å². The van der Waals surface area contributed by atoms with Crippen molar-refractivity contribution in [3.05, 3.63) is 59.4 Å². The molecule has 1 unspecified atom stereocenters. The van der Waals surface area contributed by atoms with E-state index in [-0.39, 0.29) is 17.6 Å². The lowest BCUT2D eigenvalue weighted by atomic mass is 10.0. The third kappa shape index (κ3) is 3.75. The molecule has 1 N–H and O–H groups in total. The summed E-state index contributed by atoms with van der Waals surface area (Å²) in [6.07, 6.45) is 2.15. The number of para-hydroxylation sites is 1. The predicted octanol–water partition coefficient (Wildman–Crippen LogP) is 4.96. The number of anilines is 1. The third-order valence-electron chi connectivity index (χ3n) is 3.58. The van der Waals surface area contributed by atoms with Crippen molar-refractivity contribution < 1.29 is 9.13 Å². The van der Waals surface area contributed by atoms with Crippen molar-refractivity contribution >= 4 is 5.69 Å². The minimum atomic E-state index is -0.333. The highest BCUT2D eigenvalue weighted by Crippen LogP contribution is 2.26. The second kappa shape index (κ2) is 7.11. The number of halogens is 1. The van der Waals surface area contributed by atoms with E-state index >= 15 is 0 Å². The van der Waals surface area contributed by atoms with Crippen LogP contribution in [0.4, 0.5) is 10.1 Å². The third-order valence-corrected chi connectivity index (χ3v) is 3.58. The lowest BCUT2D eigenvalue weighted by Gasteiger charge is -2.19. The Hall–Kier alpha value is -2.03. The maximum atomic E-state index is 13.5. The Morgan fingerprint density at radius 3 is 2.67 bits per heavy atom. The number of ether oxygens (including phenoxy) is 1. The van der Waals surface area contributed by atoms with E-state index in [0.717, 1.165) is 24.1 Å². The zero-order valence-electron chi connectivity index (χ0n) is 12.8. The Bertz CT molecular complexity index is 598. The minimum Gasteiger partial charge on any atom is -0.494 e. The molecule has 112 valence electrons. The van der Waals surface area contributed by atoms with Crippen LogP contribution in [0.2, 0.25) is 0 Å². The van der Waals surface area contributed by atoms with E-state index in [9.17, 15) is 4.39 Å². The summed E-state index contributed by atoms with van der Waals surface area (Å²) in [6, 6.07) is 13.4. The molecule has 0 saturated heterocycles. The van der Waals surface area contributed by atoms with Crippen molar-refractivity contribution in [1.82, 2.24) is 0 Å². The second-order valence-corrected chi connectivity index (χ2v) is 5.17. The largest absolute Gasteiger partial charge is 0.494 e. The summed E-state index contributed by atoms with van der Waals surface area (Å²) >= 11 is 0. The Morgan fingerprint density at radius 2 is 1.95 bits per heavy atom. The number of nitrogens with one attached hydrogen (secondary N) is 1. The first-order valence-corrected chi connectivity index (χ1v) is 7.33. The van der Waals surface area contributed by atoms with E-state index in [1.165, 1.54) is 18.7 Å². The van der Waals surface area contributed by atoms with Gasteiger partial charge in [-0.05, 0) is 42.7 Å². The highest BCUT2D eigenvalue weighted by atomic mass is 19.1. The SMILES string of the molecule is CCCc1ccccc1NC(C)c1ccc(F)c(OC)c1. The van der Waals surface area contributed by atoms with Gasteiger partial charge in [-0.15, -0.1) is 0 Å². The summed E-state index contributed by atoms with van der Waals surface area (Å²) in [4.78, 5) is 0. The lowest BCUT2D eigenvalue weighted by molar-refractivity contribution is 0.385. The van der Waals surface area contributed by atoms with Gasteiger partial charge in [0.2, 0.25) is 0 Å². The molecule has 0 bridgehead atoms. The molecule has 0 spiro atoms. The molecule has 21 heavy (non-hydrogen) atoms. The molecule has 0 aliphatic carbocycles. The molecule has 0 radical (unpaired) electrons. The van der Waals surface area contributed by atoms with Crippen LogP contribution >= 0.6 is 0 Å². The summed E-state index contributed by atoms with van der Waals surface area (Å²) in [7, 11) is 1.48. The molecule has 2 aromatic rings. The fourth-order valence-electron chi connectivity index (χ4n) is 2.41. The fourth-order valence-corrected chi connectivity index (χ4v) is 2.41.